The van der Waals surface area contributed by atoms with Gasteiger partial charge in [0.15, 0.2) is 0 Å². The fraction of sp³-hybridized carbons (Fsp3) is 0.650. The third kappa shape index (κ3) is 6.25. The topological polar surface area (TPSA) is 55.8 Å². The van der Waals surface area contributed by atoms with E-state index >= 15 is 0 Å². The second-order valence-corrected chi connectivity index (χ2v) is 7.26. The highest BCUT2D eigenvalue weighted by atomic mass is 16.5. The van der Waals surface area contributed by atoms with E-state index in [-0.39, 0.29) is 30.2 Å². The number of rotatable bonds is 9. The molecule has 1 saturated heterocycles. The van der Waals surface area contributed by atoms with Crippen molar-refractivity contribution in [3.05, 3.63) is 37.0 Å². The molecule has 4 atom stereocenters. The van der Waals surface area contributed by atoms with Crippen LogP contribution in [-0.4, -0.2) is 35.0 Å². The van der Waals surface area contributed by atoms with Crippen molar-refractivity contribution in [3.63, 3.8) is 0 Å². The number of aliphatic hydroxyl groups is 1. The zero-order valence-electron chi connectivity index (χ0n) is 15.5. The van der Waals surface area contributed by atoms with Crippen molar-refractivity contribution in [1.29, 1.82) is 0 Å². The molecule has 0 spiro atoms. The first-order chi connectivity index (χ1) is 11.1. The largest absolute Gasteiger partial charge is 0.461 e. The predicted molar refractivity (Wildman–Crippen MR) is 96.6 cm³/mol. The van der Waals surface area contributed by atoms with Gasteiger partial charge in [-0.2, -0.15) is 0 Å². The normalized spacial score (nSPS) is 28.0. The molecule has 1 rings (SSSR count). The number of esters is 1. The van der Waals surface area contributed by atoms with Crippen molar-refractivity contribution >= 4 is 5.97 Å². The first-order valence-corrected chi connectivity index (χ1v) is 8.62. The Balaban J connectivity index is 2.40. The Bertz CT molecular complexity index is 492. The van der Waals surface area contributed by atoms with E-state index in [9.17, 15) is 9.90 Å². The molecule has 0 aromatic carbocycles. The van der Waals surface area contributed by atoms with Gasteiger partial charge in [-0.1, -0.05) is 18.2 Å². The molecule has 4 nitrogen and oxygen atoms in total. The highest BCUT2D eigenvalue weighted by molar-refractivity contribution is 5.73. The Kier molecular flexibility index (Phi) is 7.43. The van der Waals surface area contributed by atoms with Crippen LogP contribution in [0.4, 0.5) is 0 Å². The van der Waals surface area contributed by atoms with E-state index < -0.39 is 5.60 Å². The molecule has 0 amide bonds. The minimum Gasteiger partial charge on any atom is -0.461 e. The number of carbonyl (C=O) groups excluding carboxylic acids is 1. The quantitative estimate of drug-likeness (QED) is 0.511. The summed E-state index contributed by atoms with van der Waals surface area (Å²) in [5, 5.41) is 9.86. The number of hydrogen-bond donors (Lipinski definition) is 1. The number of carbonyl (C=O) groups is 1. The minimum atomic E-state index is -0.862. The molecule has 0 aromatic rings. The maximum absolute atomic E-state index is 12.2. The van der Waals surface area contributed by atoms with Gasteiger partial charge in [0.2, 0.25) is 0 Å². The van der Waals surface area contributed by atoms with E-state index in [2.05, 4.69) is 13.2 Å². The van der Waals surface area contributed by atoms with E-state index in [0.717, 1.165) is 18.4 Å². The van der Waals surface area contributed by atoms with Gasteiger partial charge in [-0.25, -0.2) is 0 Å². The Morgan fingerprint density at radius 2 is 2.21 bits per heavy atom. The van der Waals surface area contributed by atoms with Gasteiger partial charge in [0, 0.05) is 0 Å². The highest BCUT2D eigenvalue weighted by Crippen LogP contribution is 2.34. The van der Waals surface area contributed by atoms with Crippen LogP contribution in [0.5, 0.6) is 0 Å². The minimum absolute atomic E-state index is 0.118. The van der Waals surface area contributed by atoms with E-state index in [4.69, 9.17) is 9.47 Å². The molecule has 4 heteroatoms. The van der Waals surface area contributed by atoms with Crippen LogP contribution >= 0.6 is 0 Å². The van der Waals surface area contributed by atoms with E-state index in [0.29, 0.717) is 12.8 Å². The molecule has 0 radical (unpaired) electrons. The average Bonchev–Trinajstić information content (AvgIpc) is 2.94. The van der Waals surface area contributed by atoms with Crippen LogP contribution in [0.2, 0.25) is 0 Å². The van der Waals surface area contributed by atoms with Gasteiger partial charge in [-0.05, 0) is 59.0 Å². The molecule has 0 saturated carbocycles. The van der Waals surface area contributed by atoms with Crippen LogP contribution in [0.15, 0.2) is 37.0 Å². The van der Waals surface area contributed by atoms with Gasteiger partial charge in [-0.3, -0.25) is 4.79 Å². The van der Waals surface area contributed by atoms with Crippen LogP contribution < -0.4 is 0 Å². The van der Waals surface area contributed by atoms with Gasteiger partial charge < -0.3 is 14.6 Å². The summed E-state index contributed by atoms with van der Waals surface area (Å²) in [6.07, 6.45) is 8.22. The maximum atomic E-state index is 12.2. The third-order valence-corrected chi connectivity index (χ3v) is 4.73. The summed E-state index contributed by atoms with van der Waals surface area (Å²) >= 11 is 0. The van der Waals surface area contributed by atoms with E-state index in [1.807, 2.05) is 26.8 Å². The zero-order chi connectivity index (χ0) is 18.4. The molecule has 1 aliphatic rings. The Morgan fingerprint density at radius 1 is 1.54 bits per heavy atom. The average molecular weight is 336 g/mol. The van der Waals surface area contributed by atoms with Crippen LogP contribution in [-0.2, 0) is 14.3 Å². The smallest absolute Gasteiger partial charge is 0.311 e. The SMILES string of the molecule is C=CC(C)(O)CC/C=C(/C)COC(=O)C(C)C1CCC(C)(C=C)O1. The van der Waals surface area contributed by atoms with Gasteiger partial charge in [-0.15, -0.1) is 13.2 Å². The van der Waals surface area contributed by atoms with Crippen LogP contribution in [0.1, 0.15) is 53.4 Å². The summed E-state index contributed by atoms with van der Waals surface area (Å²) in [5.74, 6) is -0.528. The molecular formula is C20H32O4. The van der Waals surface area contributed by atoms with Crippen molar-refractivity contribution < 1.29 is 19.4 Å². The zero-order valence-corrected chi connectivity index (χ0v) is 15.5. The lowest BCUT2D eigenvalue weighted by Gasteiger charge is -2.23. The fourth-order valence-electron chi connectivity index (χ4n) is 2.63. The maximum Gasteiger partial charge on any atom is 0.311 e. The molecule has 0 aromatic heterocycles. The highest BCUT2D eigenvalue weighted by Gasteiger charge is 2.38. The molecule has 4 unspecified atom stereocenters. The fourth-order valence-corrected chi connectivity index (χ4v) is 2.63. The lowest BCUT2D eigenvalue weighted by Crippen LogP contribution is -2.30. The second-order valence-electron chi connectivity index (χ2n) is 7.26. The summed E-state index contributed by atoms with van der Waals surface area (Å²) < 4.78 is 11.3. The Labute approximate surface area is 146 Å². The third-order valence-electron chi connectivity index (χ3n) is 4.73. The Morgan fingerprint density at radius 3 is 2.75 bits per heavy atom. The van der Waals surface area contributed by atoms with Crippen LogP contribution in [0.25, 0.3) is 0 Å². The molecular weight excluding hydrogens is 304 g/mol. The molecule has 1 fully saturated rings. The molecule has 1 N–H and O–H groups in total. The van der Waals surface area contributed by atoms with Gasteiger partial charge in [0.05, 0.1) is 23.2 Å². The molecule has 1 aliphatic heterocycles. The van der Waals surface area contributed by atoms with Gasteiger partial charge in [0.1, 0.15) is 6.61 Å². The lowest BCUT2D eigenvalue weighted by molar-refractivity contribution is -0.152. The summed E-state index contributed by atoms with van der Waals surface area (Å²) in [4.78, 5) is 12.2. The van der Waals surface area contributed by atoms with Crippen molar-refractivity contribution in [2.24, 2.45) is 5.92 Å². The van der Waals surface area contributed by atoms with Crippen molar-refractivity contribution in [3.8, 4) is 0 Å². The first-order valence-electron chi connectivity index (χ1n) is 8.62. The van der Waals surface area contributed by atoms with Gasteiger partial charge >= 0.3 is 5.97 Å². The van der Waals surface area contributed by atoms with Crippen LogP contribution in [0, 0.1) is 5.92 Å². The second kappa shape index (κ2) is 8.63. The number of allylic oxidation sites excluding steroid dienone is 1. The molecule has 136 valence electrons. The van der Waals surface area contributed by atoms with Crippen molar-refractivity contribution in [2.75, 3.05) is 6.61 Å². The number of ether oxygens (including phenoxy) is 2. The van der Waals surface area contributed by atoms with E-state index in [1.165, 1.54) is 6.08 Å². The summed E-state index contributed by atoms with van der Waals surface area (Å²) in [5.41, 5.74) is -0.227. The molecule has 1 heterocycles. The molecule has 0 aliphatic carbocycles. The number of hydrogen-bond acceptors (Lipinski definition) is 4. The standard InChI is InChI=1S/C20H32O4/c1-7-19(5,22)12-9-10-15(3)14-23-18(21)16(4)17-11-13-20(6,8-2)24-17/h7-8,10,16-17,22H,1-2,9,11-14H2,3-6H3/b15-10-. The molecule has 0 bridgehead atoms. The van der Waals surface area contributed by atoms with Crippen molar-refractivity contribution in [2.45, 2.75) is 70.7 Å². The monoisotopic (exact) mass is 336 g/mol. The predicted octanol–water partition coefficient (Wildman–Crippen LogP) is 3.95. The Hall–Kier alpha value is -1.39. The summed E-state index contributed by atoms with van der Waals surface area (Å²) in [6.45, 7) is 15.1. The van der Waals surface area contributed by atoms with Gasteiger partial charge in [0.25, 0.3) is 0 Å². The van der Waals surface area contributed by atoms with Crippen molar-refractivity contribution in [1.82, 2.24) is 0 Å². The summed E-state index contributed by atoms with van der Waals surface area (Å²) in [7, 11) is 0. The van der Waals surface area contributed by atoms with E-state index in [1.54, 1.807) is 13.0 Å². The lowest BCUT2D eigenvalue weighted by atomic mass is 9.99. The van der Waals surface area contributed by atoms with Crippen LogP contribution in [0.3, 0.4) is 0 Å². The summed E-state index contributed by atoms with van der Waals surface area (Å²) in [6, 6.07) is 0. The molecule has 24 heavy (non-hydrogen) atoms. The first kappa shape index (κ1) is 20.7.